The molecule has 1 aromatic heterocycles. The monoisotopic (exact) mass is 265 g/mol. The Hall–Kier alpha value is -1.78. The van der Waals surface area contributed by atoms with E-state index in [4.69, 9.17) is 4.74 Å². The van der Waals surface area contributed by atoms with Crippen LogP contribution in [-0.4, -0.2) is 29.1 Å². The number of aromatic nitrogens is 1. The third-order valence-corrected chi connectivity index (χ3v) is 2.32. The van der Waals surface area contributed by atoms with Crippen LogP contribution in [0.25, 0.3) is 0 Å². The standard InChI is InChI=1S/C14H23N3O2/c1-6-19-11-8-7-9-15-12(11)16-10(2)13(18)17-14(3,4)5/h7-10H,6H2,1-5H3,(H,15,16)(H,17,18). The third kappa shape index (κ3) is 5.16. The van der Waals surface area contributed by atoms with Crippen molar-refractivity contribution in [1.29, 1.82) is 0 Å². The number of anilines is 1. The molecule has 1 amide bonds. The van der Waals surface area contributed by atoms with E-state index in [0.29, 0.717) is 18.2 Å². The van der Waals surface area contributed by atoms with Crippen LogP contribution < -0.4 is 15.4 Å². The Balaban J connectivity index is 2.71. The van der Waals surface area contributed by atoms with E-state index >= 15 is 0 Å². The topological polar surface area (TPSA) is 63.2 Å². The smallest absolute Gasteiger partial charge is 0.242 e. The Bertz CT molecular complexity index is 427. The first-order valence-corrected chi connectivity index (χ1v) is 6.50. The number of rotatable bonds is 5. The van der Waals surface area contributed by atoms with Gasteiger partial charge in [-0.1, -0.05) is 0 Å². The molecule has 1 unspecified atom stereocenters. The largest absolute Gasteiger partial charge is 0.490 e. The molecule has 0 radical (unpaired) electrons. The summed E-state index contributed by atoms with van der Waals surface area (Å²) >= 11 is 0. The number of ether oxygens (including phenoxy) is 1. The summed E-state index contributed by atoms with van der Waals surface area (Å²) in [5, 5.41) is 5.99. The van der Waals surface area contributed by atoms with E-state index in [0.717, 1.165) is 0 Å². The minimum Gasteiger partial charge on any atom is -0.490 e. The van der Waals surface area contributed by atoms with Crippen molar-refractivity contribution >= 4 is 11.7 Å². The Morgan fingerprint density at radius 3 is 2.74 bits per heavy atom. The summed E-state index contributed by atoms with van der Waals surface area (Å²) in [5.41, 5.74) is -0.250. The average Bonchev–Trinajstić information content (AvgIpc) is 2.29. The second-order valence-electron chi connectivity index (χ2n) is 5.39. The average molecular weight is 265 g/mol. The van der Waals surface area contributed by atoms with Gasteiger partial charge in [-0.05, 0) is 46.8 Å². The molecule has 0 aliphatic heterocycles. The molecule has 5 nitrogen and oxygen atoms in total. The van der Waals surface area contributed by atoms with Crippen LogP contribution in [0.1, 0.15) is 34.6 Å². The van der Waals surface area contributed by atoms with E-state index in [2.05, 4.69) is 15.6 Å². The van der Waals surface area contributed by atoms with Crippen molar-refractivity contribution in [2.75, 3.05) is 11.9 Å². The van der Waals surface area contributed by atoms with Gasteiger partial charge < -0.3 is 15.4 Å². The van der Waals surface area contributed by atoms with Crippen molar-refractivity contribution in [3.8, 4) is 5.75 Å². The van der Waals surface area contributed by atoms with Crippen LogP contribution in [0.5, 0.6) is 5.75 Å². The van der Waals surface area contributed by atoms with Crippen LogP contribution in [-0.2, 0) is 4.79 Å². The van der Waals surface area contributed by atoms with E-state index in [-0.39, 0.29) is 17.5 Å². The van der Waals surface area contributed by atoms with Gasteiger partial charge in [-0.2, -0.15) is 0 Å². The van der Waals surface area contributed by atoms with Gasteiger partial charge >= 0.3 is 0 Å². The van der Waals surface area contributed by atoms with E-state index < -0.39 is 0 Å². The Morgan fingerprint density at radius 2 is 2.16 bits per heavy atom. The third-order valence-electron chi connectivity index (χ3n) is 2.32. The molecule has 1 atom stereocenters. The van der Waals surface area contributed by atoms with E-state index in [1.165, 1.54) is 0 Å². The molecule has 1 heterocycles. The lowest BCUT2D eigenvalue weighted by Gasteiger charge is -2.24. The number of amides is 1. The molecule has 0 aromatic carbocycles. The maximum Gasteiger partial charge on any atom is 0.242 e. The van der Waals surface area contributed by atoms with Crippen molar-refractivity contribution in [3.05, 3.63) is 18.3 Å². The Morgan fingerprint density at radius 1 is 1.47 bits per heavy atom. The number of hydrogen-bond donors (Lipinski definition) is 2. The number of hydrogen-bond acceptors (Lipinski definition) is 4. The van der Waals surface area contributed by atoms with Crippen molar-refractivity contribution < 1.29 is 9.53 Å². The van der Waals surface area contributed by atoms with Crippen LogP contribution in [0.2, 0.25) is 0 Å². The van der Waals surface area contributed by atoms with Crippen molar-refractivity contribution in [2.24, 2.45) is 0 Å². The molecule has 1 rings (SSSR count). The van der Waals surface area contributed by atoms with E-state index in [1.54, 1.807) is 19.2 Å². The van der Waals surface area contributed by atoms with Crippen LogP contribution in [0.15, 0.2) is 18.3 Å². The molecule has 0 bridgehead atoms. The van der Waals surface area contributed by atoms with Gasteiger partial charge in [0.1, 0.15) is 6.04 Å². The summed E-state index contributed by atoms with van der Waals surface area (Å²) in [6.45, 7) is 10.1. The van der Waals surface area contributed by atoms with Crippen LogP contribution in [0.4, 0.5) is 5.82 Å². The molecule has 1 aromatic rings. The molecule has 19 heavy (non-hydrogen) atoms. The minimum absolute atomic E-state index is 0.0689. The fraction of sp³-hybridized carbons (Fsp3) is 0.571. The lowest BCUT2D eigenvalue weighted by molar-refractivity contribution is -0.122. The summed E-state index contributed by atoms with van der Waals surface area (Å²) in [7, 11) is 0. The molecule has 0 aliphatic rings. The first kappa shape index (κ1) is 15.3. The zero-order chi connectivity index (χ0) is 14.5. The van der Waals surface area contributed by atoms with Gasteiger partial charge in [-0.3, -0.25) is 4.79 Å². The second-order valence-corrected chi connectivity index (χ2v) is 5.39. The highest BCUT2D eigenvalue weighted by molar-refractivity contribution is 5.84. The van der Waals surface area contributed by atoms with Crippen molar-refractivity contribution in [2.45, 2.75) is 46.2 Å². The van der Waals surface area contributed by atoms with Gasteiger partial charge in [0, 0.05) is 11.7 Å². The summed E-state index contributed by atoms with van der Waals surface area (Å²) in [6.07, 6.45) is 1.67. The normalized spacial score (nSPS) is 12.7. The van der Waals surface area contributed by atoms with Gasteiger partial charge in [0.05, 0.1) is 6.61 Å². The molecule has 0 aliphatic carbocycles. The van der Waals surface area contributed by atoms with Crippen LogP contribution in [0.3, 0.4) is 0 Å². The maximum atomic E-state index is 12.0. The zero-order valence-electron chi connectivity index (χ0n) is 12.3. The molecular weight excluding hydrogens is 242 g/mol. The minimum atomic E-state index is -0.381. The quantitative estimate of drug-likeness (QED) is 0.856. The lowest BCUT2D eigenvalue weighted by atomic mass is 10.1. The van der Waals surface area contributed by atoms with Gasteiger partial charge in [0.2, 0.25) is 5.91 Å². The highest BCUT2D eigenvalue weighted by Gasteiger charge is 2.20. The Labute approximate surface area is 114 Å². The molecule has 2 N–H and O–H groups in total. The predicted octanol–water partition coefficient (Wildman–Crippen LogP) is 2.20. The second kappa shape index (κ2) is 6.41. The maximum absolute atomic E-state index is 12.0. The van der Waals surface area contributed by atoms with Crippen molar-refractivity contribution in [3.63, 3.8) is 0 Å². The van der Waals surface area contributed by atoms with Crippen molar-refractivity contribution in [1.82, 2.24) is 10.3 Å². The Kier molecular flexibility index (Phi) is 5.15. The number of nitrogens with zero attached hydrogens (tertiary/aromatic N) is 1. The van der Waals surface area contributed by atoms with Crippen LogP contribution >= 0.6 is 0 Å². The first-order chi connectivity index (χ1) is 8.83. The molecule has 0 saturated carbocycles. The molecule has 106 valence electrons. The van der Waals surface area contributed by atoms with E-state index in [9.17, 15) is 4.79 Å². The molecule has 0 saturated heterocycles. The summed E-state index contributed by atoms with van der Waals surface area (Å²) in [6, 6.07) is 3.25. The number of pyridine rings is 1. The highest BCUT2D eigenvalue weighted by atomic mass is 16.5. The van der Waals surface area contributed by atoms with Gasteiger partial charge in [-0.25, -0.2) is 4.98 Å². The van der Waals surface area contributed by atoms with Gasteiger partial charge in [0.25, 0.3) is 0 Å². The van der Waals surface area contributed by atoms with Gasteiger partial charge in [0.15, 0.2) is 11.6 Å². The first-order valence-electron chi connectivity index (χ1n) is 6.50. The lowest BCUT2D eigenvalue weighted by Crippen LogP contribution is -2.47. The SMILES string of the molecule is CCOc1cccnc1NC(C)C(=O)NC(C)(C)C. The highest BCUT2D eigenvalue weighted by Crippen LogP contribution is 2.21. The number of carbonyl (C=O) groups excluding carboxylic acids is 1. The summed E-state index contributed by atoms with van der Waals surface area (Å²) in [4.78, 5) is 16.2. The number of nitrogens with one attached hydrogen (secondary N) is 2. The predicted molar refractivity (Wildman–Crippen MR) is 76.4 cm³/mol. The number of carbonyl (C=O) groups is 1. The molecule has 0 fully saturated rings. The fourth-order valence-corrected chi connectivity index (χ4v) is 1.52. The van der Waals surface area contributed by atoms with Gasteiger partial charge in [-0.15, -0.1) is 0 Å². The molecular formula is C14H23N3O2. The zero-order valence-corrected chi connectivity index (χ0v) is 12.3. The van der Waals surface area contributed by atoms with E-state index in [1.807, 2.05) is 33.8 Å². The molecule has 0 spiro atoms. The molecule has 5 heteroatoms. The van der Waals surface area contributed by atoms with Crippen LogP contribution in [0, 0.1) is 0 Å². The fourth-order valence-electron chi connectivity index (χ4n) is 1.52. The summed E-state index contributed by atoms with van der Waals surface area (Å²) in [5.74, 6) is 1.17. The summed E-state index contributed by atoms with van der Waals surface area (Å²) < 4.78 is 5.46.